The number of aromatic nitrogens is 2. The topological polar surface area (TPSA) is 168 Å². The fourth-order valence-corrected chi connectivity index (χ4v) is 6.20. The van der Waals surface area contributed by atoms with E-state index in [1.165, 1.54) is 0 Å². The summed E-state index contributed by atoms with van der Waals surface area (Å²) in [5, 5.41) is 14.7. The zero-order valence-electron chi connectivity index (χ0n) is 29.7. The van der Waals surface area contributed by atoms with Crippen molar-refractivity contribution in [2.75, 3.05) is 50.7 Å². The number of hydrogen-bond acceptors (Lipinski definition) is 9. The first-order valence-corrected chi connectivity index (χ1v) is 17.4. The van der Waals surface area contributed by atoms with E-state index >= 15 is 0 Å². The smallest absolute Gasteiger partial charge is 0.286 e. The number of nitrogen functional groups attached to an aromatic ring is 1. The molecule has 13 heteroatoms. The molecule has 0 unspecified atom stereocenters. The third-order valence-corrected chi connectivity index (χ3v) is 8.95. The van der Waals surface area contributed by atoms with E-state index in [0.29, 0.717) is 55.4 Å². The summed E-state index contributed by atoms with van der Waals surface area (Å²) in [5.74, 6) is -1.63. The zero-order chi connectivity index (χ0) is 37.0. The lowest BCUT2D eigenvalue weighted by Gasteiger charge is -2.36. The summed E-state index contributed by atoms with van der Waals surface area (Å²) in [6, 6.07) is 23.3. The number of carbonyl (C=O) groups is 2. The first-order chi connectivity index (χ1) is 25.2. The lowest BCUT2D eigenvalue weighted by molar-refractivity contribution is -0.168. The molecule has 5 rings (SSSR count). The van der Waals surface area contributed by atoms with Crippen molar-refractivity contribution < 1.29 is 33.6 Å². The number of para-hydroxylation sites is 3. The van der Waals surface area contributed by atoms with Gasteiger partial charge in [-0.2, -0.15) is 0 Å². The molecule has 1 aliphatic heterocycles. The molecule has 0 aliphatic carbocycles. The van der Waals surface area contributed by atoms with Crippen LogP contribution in [0.15, 0.2) is 95.5 Å². The van der Waals surface area contributed by atoms with E-state index in [1.54, 1.807) is 59.3 Å². The van der Waals surface area contributed by atoms with Gasteiger partial charge in [0.15, 0.2) is 5.76 Å². The number of aliphatic hydroxyl groups is 1. The standard InChI is InChI=1S/C39H47N5O8/c1-4-51-39-30(18-20-49-22-23-50-21-19-45)31(35-26(2)43(3)44(38(35)48)29-10-6-5-7-11-29)24-34(52-39)37(47)41-25-27-14-16-28(17-15-27)36(46)42-33-13-9-8-12-32(33)40/h5-17,24,30-31,39,45H,4,18-23,25,40H2,1-3H3,(H,41,47)(H,42,46)/t30-,31+,39-/m0/s1. The molecule has 276 valence electrons. The number of nitrogens with one attached hydrogen (secondary N) is 2. The summed E-state index contributed by atoms with van der Waals surface area (Å²) in [4.78, 5) is 40.7. The van der Waals surface area contributed by atoms with Crippen LogP contribution in [0.5, 0.6) is 0 Å². The number of allylic oxidation sites excluding steroid dienone is 1. The fourth-order valence-electron chi connectivity index (χ4n) is 6.20. The third kappa shape index (κ3) is 9.17. The summed E-state index contributed by atoms with van der Waals surface area (Å²) >= 11 is 0. The Bertz CT molecular complexity index is 1890. The van der Waals surface area contributed by atoms with Crippen LogP contribution in [0.3, 0.4) is 0 Å². The van der Waals surface area contributed by atoms with Crippen LogP contribution in [0, 0.1) is 12.8 Å². The number of anilines is 2. The molecule has 0 radical (unpaired) electrons. The second-order valence-corrected chi connectivity index (χ2v) is 12.3. The molecule has 3 aromatic carbocycles. The van der Waals surface area contributed by atoms with Gasteiger partial charge in [0, 0.05) is 55.5 Å². The molecule has 2 amide bonds. The van der Waals surface area contributed by atoms with Crippen molar-refractivity contribution in [1.29, 1.82) is 0 Å². The van der Waals surface area contributed by atoms with Crippen molar-refractivity contribution >= 4 is 23.2 Å². The number of ether oxygens (including phenoxy) is 4. The molecule has 1 aliphatic rings. The number of benzene rings is 3. The van der Waals surface area contributed by atoms with E-state index in [-0.39, 0.29) is 42.9 Å². The van der Waals surface area contributed by atoms with Crippen LogP contribution in [0.2, 0.25) is 0 Å². The number of amides is 2. The van der Waals surface area contributed by atoms with Gasteiger partial charge in [0.05, 0.1) is 43.5 Å². The minimum atomic E-state index is -0.837. The Morgan fingerprint density at radius 2 is 1.62 bits per heavy atom. The largest absolute Gasteiger partial charge is 0.459 e. The van der Waals surface area contributed by atoms with E-state index < -0.39 is 18.1 Å². The predicted octanol–water partition coefficient (Wildman–Crippen LogP) is 4.03. The predicted molar refractivity (Wildman–Crippen MR) is 197 cm³/mol. The molecule has 3 atom stereocenters. The van der Waals surface area contributed by atoms with Crippen LogP contribution in [0.4, 0.5) is 11.4 Å². The molecule has 5 N–H and O–H groups in total. The highest BCUT2D eigenvalue weighted by Gasteiger charge is 2.41. The maximum Gasteiger partial charge on any atom is 0.286 e. The van der Waals surface area contributed by atoms with Crippen LogP contribution in [-0.2, 0) is 37.3 Å². The minimum Gasteiger partial charge on any atom is -0.459 e. The Balaban J connectivity index is 1.37. The van der Waals surface area contributed by atoms with Crippen LogP contribution in [-0.4, -0.2) is 72.2 Å². The number of hydrogen-bond donors (Lipinski definition) is 4. The summed E-state index contributed by atoms with van der Waals surface area (Å²) in [6.07, 6.45) is 1.34. The summed E-state index contributed by atoms with van der Waals surface area (Å²) in [7, 11) is 1.83. The molecule has 0 bridgehead atoms. The third-order valence-electron chi connectivity index (χ3n) is 8.95. The van der Waals surface area contributed by atoms with E-state index in [2.05, 4.69) is 10.6 Å². The SMILES string of the molecule is CCO[C@H]1OC(C(=O)NCc2ccc(C(=O)Nc3ccccc3N)cc2)=C[C@@H](c2c(C)n(C)n(-c3ccccc3)c2=O)[C@@H]1CCOCCOCCO. The van der Waals surface area contributed by atoms with Crippen LogP contribution in [0.1, 0.15) is 46.4 Å². The Hall–Kier alpha value is -5.21. The second-order valence-electron chi connectivity index (χ2n) is 12.3. The maximum absolute atomic E-state index is 14.2. The summed E-state index contributed by atoms with van der Waals surface area (Å²) in [6.45, 7) is 5.39. The highest BCUT2D eigenvalue weighted by Crippen LogP contribution is 2.39. The van der Waals surface area contributed by atoms with Gasteiger partial charge in [0.2, 0.25) is 6.29 Å². The van der Waals surface area contributed by atoms with Crippen molar-refractivity contribution in [2.24, 2.45) is 13.0 Å². The molecular formula is C39H47N5O8. The maximum atomic E-state index is 14.2. The lowest BCUT2D eigenvalue weighted by atomic mass is 9.81. The van der Waals surface area contributed by atoms with Gasteiger partial charge in [-0.15, -0.1) is 0 Å². The van der Waals surface area contributed by atoms with Gasteiger partial charge in [-0.1, -0.05) is 42.5 Å². The Labute approximate surface area is 302 Å². The molecule has 0 saturated heterocycles. The fraction of sp³-hybridized carbons (Fsp3) is 0.359. The molecule has 0 spiro atoms. The normalized spacial score (nSPS) is 16.9. The van der Waals surface area contributed by atoms with Gasteiger partial charge >= 0.3 is 0 Å². The molecule has 52 heavy (non-hydrogen) atoms. The first kappa shape index (κ1) is 38.0. The van der Waals surface area contributed by atoms with E-state index in [0.717, 1.165) is 16.9 Å². The average molecular weight is 714 g/mol. The second kappa shape index (κ2) is 18.3. The number of nitrogens with zero attached hydrogens (tertiary/aromatic N) is 2. The Morgan fingerprint density at radius 1 is 0.923 bits per heavy atom. The molecule has 0 fully saturated rings. The zero-order valence-corrected chi connectivity index (χ0v) is 29.7. The van der Waals surface area contributed by atoms with Crippen molar-refractivity contribution in [3.8, 4) is 5.69 Å². The number of aliphatic hydroxyl groups excluding tert-OH is 1. The van der Waals surface area contributed by atoms with Crippen molar-refractivity contribution in [1.82, 2.24) is 14.7 Å². The number of carbonyl (C=O) groups excluding carboxylic acids is 2. The van der Waals surface area contributed by atoms with Gasteiger partial charge in [-0.25, -0.2) is 4.68 Å². The Morgan fingerprint density at radius 3 is 2.31 bits per heavy atom. The highest BCUT2D eigenvalue weighted by molar-refractivity contribution is 6.05. The minimum absolute atomic E-state index is 0.0448. The van der Waals surface area contributed by atoms with Gasteiger partial charge in [-0.05, 0) is 68.3 Å². The first-order valence-electron chi connectivity index (χ1n) is 17.4. The van der Waals surface area contributed by atoms with Gasteiger partial charge in [0.25, 0.3) is 17.4 Å². The van der Waals surface area contributed by atoms with Crippen molar-refractivity contribution in [3.63, 3.8) is 0 Å². The lowest BCUT2D eigenvalue weighted by Crippen LogP contribution is -2.40. The average Bonchev–Trinajstić information content (AvgIpc) is 3.38. The monoisotopic (exact) mass is 713 g/mol. The van der Waals surface area contributed by atoms with Crippen molar-refractivity contribution in [2.45, 2.75) is 39.0 Å². The molecule has 13 nitrogen and oxygen atoms in total. The quantitative estimate of drug-likeness (QED) is 0.0933. The number of rotatable bonds is 17. The van der Waals surface area contributed by atoms with E-state index in [9.17, 15) is 14.4 Å². The molecule has 1 aromatic heterocycles. The Kier molecular flexibility index (Phi) is 13.4. The van der Waals surface area contributed by atoms with Gasteiger partial charge < -0.3 is 40.4 Å². The van der Waals surface area contributed by atoms with E-state index in [4.69, 9.17) is 29.8 Å². The molecule has 2 heterocycles. The summed E-state index contributed by atoms with van der Waals surface area (Å²) in [5.41, 5.74) is 9.94. The van der Waals surface area contributed by atoms with Crippen LogP contribution < -0.4 is 21.9 Å². The van der Waals surface area contributed by atoms with Crippen molar-refractivity contribution in [3.05, 3.63) is 123 Å². The molecule has 4 aromatic rings. The highest BCUT2D eigenvalue weighted by atomic mass is 16.7. The van der Waals surface area contributed by atoms with Gasteiger partial charge in [0.1, 0.15) is 0 Å². The molecular weight excluding hydrogens is 666 g/mol. The van der Waals surface area contributed by atoms with Gasteiger partial charge in [-0.3, -0.25) is 19.1 Å². The van der Waals surface area contributed by atoms with Crippen LogP contribution in [0.25, 0.3) is 5.69 Å². The summed E-state index contributed by atoms with van der Waals surface area (Å²) < 4.78 is 26.9. The molecule has 0 saturated carbocycles. The van der Waals surface area contributed by atoms with Crippen LogP contribution >= 0.6 is 0 Å². The number of nitrogens with two attached hydrogens (primary N) is 1. The van der Waals surface area contributed by atoms with E-state index in [1.807, 2.05) is 55.9 Å².